The minimum atomic E-state index is 0.0360. The fourth-order valence-electron chi connectivity index (χ4n) is 2.01. The van der Waals surface area contributed by atoms with E-state index in [4.69, 9.17) is 21.2 Å². The predicted molar refractivity (Wildman–Crippen MR) is 73.0 cm³/mol. The van der Waals surface area contributed by atoms with Gasteiger partial charge >= 0.3 is 0 Å². The number of hydrogen-bond donors (Lipinski definition) is 1. The third-order valence-corrected chi connectivity index (χ3v) is 3.24. The Kier molecular flexibility index (Phi) is 3.19. The summed E-state index contributed by atoms with van der Waals surface area (Å²) in [6, 6.07) is 9.27. The normalized spacial score (nSPS) is 11.1. The van der Waals surface area contributed by atoms with Crippen molar-refractivity contribution in [2.45, 2.75) is 6.42 Å². The predicted octanol–water partition coefficient (Wildman–Crippen LogP) is 3.08. The summed E-state index contributed by atoms with van der Waals surface area (Å²) in [6.07, 6.45) is 2.17. The van der Waals surface area contributed by atoms with E-state index in [9.17, 15) is 0 Å². The van der Waals surface area contributed by atoms with Gasteiger partial charge in [-0.1, -0.05) is 16.8 Å². The van der Waals surface area contributed by atoms with Gasteiger partial charge in [-0.15, -0.1) is 0 Å². The Morgan fingerprint density at radius 2 is 2.16 bits per heavy atom. The molecule has 3 aromatic rings. The summed E-state index contributed by atoms with van der Waals surface area (Å²) in [6.45, 7) is 0.0360. The summed E-state index contributed by atoms with van der Waals surface area (Å²) in [4.78, 5) is 4.36. The van der Waals surface area contributed by atoms with Gasteiger partial charge in [0, 0.05) is 29.6 Å². The molecule has 0 saturated heterocycles. The van der Waals surface area contributed by atoms with Crippen molar-refractivity contribution in [1.82, 2.24) is 10.1 Å². The van der Waals surface area contributed by atoms with Crippen LogP contribution in [-0.2, 0) is 6.42 Å². The second-order valence-corrected chi connectivity index (χ2v) is 4.55. The summed E-state index contributed by atoms with van der Waals surface area (Å²) < 4.78 is 5.17. The Hall–Kier alpha value is -1.91. The van der Waals surface area contributed by atoms with Crippen LogP contribution >= 0.6 is 11.6 Å². The van der Waals surface area contributed by atoms with Gasteiger partial charge in [-0.3, -0.25) is 4.98 Å². The molecule has 96 valence electrons. The van der Waals surface area contributed by atoms with Crippen molar-refractivity contribution in [1.29, 1.82) is 0 Å². The molecule has 4 nitrogen and oxygen atoms in total. The average Bonchev–Trinajstić information content (AvgIpc) is 2.88. The highest BCUT2D eigenvalue weighted by Crippen LogP contribution is 2.31. The van der Waals surface area contributed by atoms with E-state index >= 15 is 0 Å². The van der Waals surface area contributed by atoms with Crippen LogP contribution in [0.3, 0.4) is 0 Å². The van der Waals surface area contributed by atoms with Crippen molar-refractivity contribution >= 4 is 22.5 Å². The zero-order valence-electron chi connectivity index (χ0n) is 10.0. The van der Waals surface area contributed by atoms with Crippen molar-refractivity contribution in [3.63, 3.8) is 0 Å². The molecular weight excluding hydrogens is 264 g/mol. The van der Waals surface area contributed by atoms with Crippen molar-refractivity contribution in [3.05, 3.63) is 47.3 Å². The van der Waals surface area contributed by atoms with Crippen LogP contribution in [0, 0.1) is 0 Å². The summed E-state index contributed by atoms with van der Waals surface area (Å²) in [5.41, 5.74) is 2.36. The first-order valence-electron chi connectivity index (χ1n) is 5.89. The maximum absolute atomic E-state index is 8.89. The molecule has 0 spiro atoms. The zero-order chi connectivity index (χ0) is 13.2. The third kappa shape index (κ3) is 2.20. The number of benzene rings is 1. The molecule has 0 radical (unpaired) electrons. The number of fused-ring (bicyclic) bond motifs is 1. The van der Waals surface area contributed by atoms with E-state index in [0.29, 0.717) is 22.9 Å². The highest BCUT2D eigenvalue weighted by atomic mass is 35.5. The van der Waals surface area contributed by atoms with E-state index in [1.807, 2.05) is 30.3 Å². The number of halogens is 1. The Morgan fingerprint density at radius 1 is 1.26 bits per heavy atom. The number of aliphatic hydroxyl groups excluding tert-OH is 1. The number of hydrogen-bond acceptors (Lipinski definition) is 4. The third-order valence-electron chi connectivity index (χ3n) is 2.91. The van der Waals surface area contributed by atoms with Crippen LogP contribution in [0.15, 0.2) is 41.1 Å². The molecule has 3 rings (SSSR count). The molecule has 0 fully saturated rings. The summed E-state index contributed by atoms with van der Waals surface area (Å²) in [5, 5.41) is 14.4. The minimum Gasteiger partial charge on any atom is -0.396 e. The fraction of sp³-hybridized carbons (Fsp3) is 0.143. The molecule has 0 aliphatic heterocycles. The summed E-state index contributed by atoms with van der Waals surface area (Å²) in [7, 11) is 0. The fourth-order valence-corrected chi connectivity index (χ4v) is 2.23. The molecule has 0 atom stereocenters. The van der Waals surface area contributed by atoms with Gasteiger partial charge in [0.2, 0.25) is 0 Å². The minimum absolute atomic E-state index is 0.0360. The Morgan fingerprint density at radius 3 is 3.00 bits per heavy atom. The monoisotopic (exact) mass is 274 g/mol. The smallest absolute Gasteiger partial charge is 0.139 e. The van der Waals surface area contributed by atoms with Gasteiger partial charge in [0.1, 0.15) is 11.5 Å². The van der Waals surface area contributed by atoms with Gasteiger partial charge in [-0.25, -0.2) is 0 Å². The average molecular weight is 275 g/mol. The summed E-state index contributed by atoms with van der Waals surface area (Å²) in [5.74, 6) is 0.650. The van der Waals surface area contributed by atoms with Crippen molar-refractivity contribution in [2.75, 3.05) is 6.61 Å². The molecule has 2 aromatic heterocycles. The van der Waals surface area contributed by atoms with Gasteiger partial charge < -0.3 is 9.63 Å². The maximum atomic E-state index is 8.89. The molecule has 0 saturated carbocycles. The van der Waals surface area contributed by atoms with Gasteiger partial charge in [0.25, 0.3) is 0 Å². The van der Waals surface area contributed by atoms with E-state index in [2.05, 4.69) is 10.1 Å². The molecule has 0 amide bonds. The standard InChI is InChI=1S/C14H11ClN2O2/c15-12-4-3-11(14-10(12)2-1-6-16-14)13-8-9(5-7-18)19-17-13/h1-4,6,8,18H,5,7H2. The molecule has 0 unspecified atom stereocenters. The topological polar surface area (TPSA) is 59.2 Å². The van der Waals surface area contributed by atoms with Crippen molar-refractivity contribution < 1.29 is 9.63 Å². The molecule has 19 heavy (non-hydrogen) atoms. The molecule has 5 heteroatoms. The van der Waals surface area contributed by atoms with Crippen LogP contribution in [0.5, 0.6) is 0 Å². The van der Waals surface area contributed by atoms with Crippen LogP contribution < -0.4 is 0 Å². The van der Waals surface area contributed by atoms with E-state index in [-0.39, 0.29) is 6.61 Å². The molecule has 2 heterocycles. The lowest BCUT2D eigenvalue weighted by molar-refractivity contribution is 0.277. The van der Waals surface area contributed by atoms with Crippen molar-refractivity contribution in [2.24, 2.45) is 0 Å². The lowest BCUT2D eigenvalue weighted by atomic mass is 10.1. The molecular formula is C14H11ClN2O2. The van der Waals surface area contributed by atoms with E-state index < -0.39 is 0 Å². The first kappa shape index (κ1) is 12.1. The second kappa shape index (κ2) is 4.99. The van der Waals surface area contributed by atoms with Crippen LogP contribution in [-0.4, -0.2) is 21.9 Å². The zero-order valence-corrected chi connectivity index (χ0v) is 10.8. The van der Waals surface area contributed by atoms with Gasteiger partial charge in [-0.05, 0) is 24.3 Å². The van der Waals surface area contributed by atoms with Crippen LogP contribution in [0.1, 0.15) is 5.76 Å². The lowest BCUT2D eigenvalue weighted by Gasteiger charge is -2.03. The van der Waals surface area contributed by atoms with Gasteiger partial charge in [0.15, 0.2) is 0 Å². The highest BCUT2D eigenvalue weighted by molar-refractivity contribution is 6.35. The number of rotatable bonds is 3. The molecule has 1 aromatic carbocycles. The number of aliphatic hydroxyl groups is 1. The Bertz CT molecular complexity index is 724. The number of nitrogens with zero attached hydrogens (tertiary/aromatic N) is 2. The number of aromatic nitrogens is 2. The SMILES string of the molecule is OCCc1cc(-c2ccc(Cl)c3cccnc23)no1. The Labute approximate surface area is 114 Å². The molecule has 0 aliphatic carbocycles. The Balaban J connectivity index is 2.16. The van der Waals surface area contributed by atoms with Gasteiger partial charge in [0.05, 0.1) is 17.1 Å². The van der Waals surface area contributed by atoms with Crippen LogP contribution in [0.25, 0.3) is 22.2 Å². The molecule has 1 N–H and O–H groups in total. The first-order valence-corrected chi connectivity index (χ1v) is 6.27. The van der Waals surface area contributed by atoms with E-state index in [1.165, 1.54) is 0 Å². The molecule has 0 aliphatic rings. The summed E-state index contributed by atoms with van der Waals surface area (Å²) >= 11 is 6.15. The highest BCUT2D eigenvalue weighted by Gasteiger charge is 2.12. The lowest BCUT2D eigenvalue weighted by Crippen LogP contribution is -1.87. The maximum Gasteiger partial charge on any atom is 0.139 e. The molecule has 0 bridgehead atoms. The van der Waals surface area contributed by atoms with E-state index in [0.717, 1.165) is 16.5 Å². The quantitative estimate of drug-likeness (QED) is 0.797. The second-order valence-electron chi connectivity index (χ2n) is 4.15. The van der Waals surface area contributed by atoms with Crippen LogP contribution in [0.4, 0.5) is 0 Å². The van der Waals surface area contributed by atoms with Crippen molar-refractivity contribution in [3.8, 4) is 11.3 Å². The van der Waals surface area contributed by atoms with Gasteiger partial charge in [-0.2, -0.15) is 0 Å². The van der Waals surface area contributed by atoms with E-state index in [1.54, 1.807) is 6.20 Å². The largest absolute Gasteiger partial charge is 0.396 e. The van der Waals surface area contributed by atoms with Crippen LogP contribution in [0.2, 0.25) is 5.02 Å². The first-order chi connectivity index (χ1) is 9.29. The number of pyridine rings is 1.